The molecule has 36 heavy (non-hydrogen) atoms. The summed E-state index contributed by atoms with van der Waals surface area (Å²) in [6.07, 6.45) is -5.19. The predicted octanol–water partition coefficient (Wildman–Crippen LogP) is 4.96. The number of para-hydroxylation sites is 2. The lowest BCUT2D eigenvalue weighted by Gasteiger charge is -2.29. The topological polar surface area (TPSA) is 115 Å². The Morgan fingerprint density at radius 3 is 2.44 bits per heavy atom. The van der Waals surface area contributed by atoms with Gasteiger partial charge in [-0.3, -0.25) is 10.0 Å². The van der Waals surface area contributed by atoms with Crippen LogP contribution in [0.4, 0.5) is 29.3 Å². The van der Waals surface area contributed by atoms with Crippen molar-refractivity contribution in [2.24, 2.45) is 0 Å². The number of hydrogen-bond acceptors (Lipinski definition) is 6. The van der Waals surface area contributed by atoms with Crippen molar-refractivity contribution in [1.82, 2.24) is 5.32 Å². The van der Waals surface area contributed by atoms with E-state index in [1.54, 1.807) is 23.5 Å². The van der Waals surface area contributed by atoms with Gasteiger partial charge >= 0.3 is 18.1 Å². The van der Waals surface area contributed by atoms with E-state index in [-0.39, 0.29) is 38.5 Å². The van der Waals surface area contributed by atoms with Crippen LogP contribution in [-0.4, -0.2) is 33.6 Å². The number of methoxy groups -OCH3 is 1. The lowest BCUT2D eigenvalue weighted by molar-refractivity contribution is -0.317. The zero-order chi connectivity index (χ0) is 26.1. The van der Waals surface area contributed by atoms with E-state index in [0.29, 0.717) is 0 Å². The number of ether oxygens (including phenoxy) is 3. The zero-order valence-electron chi connectivity index (χ0n) is 18.2. The molecule has 0 aromatic heterocycles. The van der Waals surface area contributed by atoms with Gasteiger partial charge in [0, 0.05) is 16.8 Å². The van der Waals surface area contributed by atoms with E-state index in [1.807, 2.05) is 0 Å². The highest BCUT2D eigenvalue weighted by Gasteiger charge is 2.65. The molecule has 0 fully saturated rings. The number of urea groups is 1. The number of hydrogen-bond donors (Lipinski definition) is 3. The number of carbonyl (C=O) groups excluding carboxylic acids is 1. The fourth-order valence-electron chi connectivity index (χ4n) is 3.20. The number of benzene rings is 3. The Bertz CT molecular complexity index is 1420. The van der Waals surface area contributed by atoms with Gasteiger partial charge in [-0.05, 0) is 42.5 Å². The average molecular weight is 544 g/mol. The van der Waals surface area contributed by atoms with Gasteiger partial charge in [-0.1, -0.05) is 29.8 Å². The van der Waals surface area contributed by atoms with E-state index < -0.39 is 28.1 Å². The third kappa shape index (κ3) is 5.06. The summed E-state index contributed by atoms with van der Waals surface area (Å²) < 4.78 is 84.5. The van der Waals surface area contributed by atoms with Crippen molar-refractivity contribution in [2.75, 3.05) is 17.1 Å². The quantitative estimate of drug-likeness (QED) is 0.405. The Kier molecular flexibility index (Phi) is 6.54. The first-order valence-electron chi connectivity index (χ1n) is 10.0. The van der Waals surface area contributed by atoms with Crippen LogP contribution in [0.2, 0.25) is 5.02 Å². The van der Waals surface area contributed by atoms with E-state index in [9.17, 15) is 26.4 Å². The van der Waals surface area contributed by atoms with Gasteiger partial charge in [-0.25, -0.2) is 13.2 Å². The van der Waals surface area contributed by atoms with Gasteiger partial charge in [-0.2, -0.15) is 13.2 Å². The largest absolute Gasteiger partial charge is 0.495 e. The zero-order valence-corrected chi connectivity index (χ0v) is 19.8. The average Bonchev–Trinajstić information content (AvgIpc) is 3.17. The summed E-state index contributed by atoms with van der Waals surface area (Å²) in [6.45, 7) is 0. The molecule has 0 bridgehead atoms. The molecule has 3 aromatic carbocycles. The SMILES string of the molecule is COc1ccccc1NS(=O)(=O)c1cccc(NC(=O)N[C@@]2(C(F)(F)F)Oc3ccc(Cl)cc3O2)c1. The number of carbonyl (C=O) groups is 1. The third-order valence-corrected chi connectivity index (χ3v) is 6.42. The van der Waals surface area contributed by atoms with Crippen LogP contribution >= 0.6 is 11.6 Å². The van der Waals surface area contributed by atoms with Gasteiger partial charge in [0.25, 0.3) is 10.0 Å². The lowest BCUT2D eigenvalue weighted by atomic mass is 10.3. The Labute approximate surface area is 208 Å². The van der Waals surface area contributed by atoms with Crippen LogP contribution in [0, 0.1) is 0 Å². The van der Waals surface area contributed by atoms with Gasteiger partial charge in [0.1, 0.15) is 5.75 Å². The molecule has 14 heteroatoms. The highest BCUT2D eigenvalue weighted by Crippen LogP contribution is 2.46. The number of fused-ring (bicyclic) bond motifs is 1. The van der Waals surface area contributed by atoms with Crippen LogP contribution in [0.5, 0.6) is 17.2 Å². The first-order valence-corrected chi connectivity index (χ1v) is 11.9. The highest BCUT2D eigenvalue weighted by atomic mass is 35.5. The maximum absolute atomic E-state index is 13.8. The van der Waals surface area contributed by atoms with Crippen LogP contribution in [-0.2, 0) is 10.0 Å². The van der Waals surface area contributed by atoms with E-state index >= 15 is 0 Å². The molecule has 1 aliphatic heterocycles. The van der Waals surface area contributed by atoms with Crippen LogP contribution in [0.15, 0.2) is 71.6 Å². The summed E-state index contributed by atoms with van der Waals surface area (Å²) in [7, 11) is -2.78. The van der Waals surface area contributed by atoms with Gasteiger partial charge in [-0.15, -0.1) is 0 Å². The molecule has 0 radical (unpaired) electrons. The minimum Gasteiger partial charge on any atom is -0.495 e. The second kappa shape index (κ2) is 9.32. The first-order chi connectivity index (χ1) is 16.9. The molecule has 0 spiro atoms. The maximum atomic E-state index is 13.8. The molecule has 0 saturated heterocycles. The molecule has 1 aliphatic rings. The monoisotopic (exact) mass is 543 g/mol. The van der Waals surface area contributed by atoms with Crippen LogP contribution in [0.3, 0.4) is 0 Å². The normalized spacial score (nSPS) is 16.8. The summed E-state index contributed by atoms with van der Waals surface area (Å²) in [5, 5.41) is 3.86. The number of rotatable bonds is 6. The summed E-state index contributed by atoms with van der Waals surface area (Å²) >= 11 is 5.79. The smallest absolute Gasteiger partial charge is 0.492 e. The van der Waals surface area contributed by atoms with E-state index in [4.69, 9.17) is 25.8 Å². The minimum absolute atomic E-state index is 0.0968. The van der Waals surface area contributed by atoms with Crippen molar-refractivity contribution in [3.63, 3.8) is 0 Å². The summed E-state index contributed by atoms with van der Waals surface area (Å²) in [5.74, 6) is -3.87. The van der Waals surface area contributed by atoms with Crippen molar-refractivity contribution in [3.8, 4) is 17.2 Å². The molecule has 0 saturated carbocycles. The first kappa shape index (κ1) is 25.3. The Morgan fingerprint density at radius 2 is 1.72 bits per heavy atom. The third-order valence-electron chi connectivity index (χ3n) is 4.82. The van der Waals surface area contributed by atoms with Crippen molar-refractivity contribution < 1.29 is 40.6 Å². The molecule has 0 unspecified atom stereocenters. The van der Waals surface area contributed by atoms with Crippen molar-refractivity contribution in [1.29, 1.82) is 0 Å². The van der Waals surface area contributed by atoms with Crippen LogP contribution in [0.1, 0.15) is 0 Å². The highest BCUT2D eigenvalue weighted by molar-refractivity contribution is 7.92. The maximum Gasteiger partial charge on any atom is 0.492 e. The molecule has 1 heterocycles. The molecule has 3 N–H and O–H groups in total. The molecule has 9 nitrogen and oxygen atoms in total. The summed E-state index contributed by atoms with van der Waals surface area (Å²) in [5.41, 5.74) is 0.0460. The summed E-state index contributed by atoms with van der Waals surface area (Å²) in [4.78, 5) is 12.2. The van der Waals surface area contributed by atoms with E-state index in [1.165, 1.54) is 37.4 Å². The fraction of sp³-hybridized carbons (Fsp3) is 0.136. The number of sulfonamides is 1. The Morgan fingerprint density at radius 1 is 1.00 bits per heavy atom. The lowest BCUT2D eigenvalue weighted by Crippen LogP contribution is -2.65. The molecular weight excluding hydrogens is 527 g/mol. The Hall–Kier alpha value is -3.84. The van der Waals surface area contributed by atoms with Gasteiger partial charge in [0.05, 0.1) is 17.7 Å². The molecule has 4 rings (SSSR count). The molecule has 190 valence electrons. The molecule has 1 atom stereocenters. The van der Waals surface area contributed by atoms with Crippen molar-refractivity contribution in [3.05, 3.63) is 71.8 Å². The molecule has 0 aliphatic carbocycles. The van der Waals surface area contributed by atoms with Crippen molar-refractivity contribution >= 4 is 39.0 Å². The predicted molar refractivity (Wildman–Crippen MR) is 124 cm³/mol. The van der Waals surface area contributed by atoms with Crippen molar-refractivity contribution in [2.45, 2.75) is 17.0 Å². The number of amides is 2. The molecule has 2 amide bonds. The molecular formula is C22H17ClF3N3O6S. The van der Waals surface area contributed by atoms with Crippen LogP contribution in [0.25, 0.3) is 0 Å². The van der Waals surface area contributed by atoms with Gasteiger partial charge in [0.15, 0.2) is 11.5 Å². The van der Waals surface area contributed by atoms with Crippen LogP contribution < -0.4 is 29.6 Å². The second-order valence-electron chi connectivity index (χ2n) is 7.32. The standard InChI is InChI=1S/C22H17ClF3N3O6S/c1-33-17-8-3-2-7-16(17)29-36(31,32)15-6-4-5-14(12-15)27-20(30)28-22(21(24,25)26)34-18-10-9-13(23)11-19(18)35-22/h2-12,29H,1H3,(H2,27,28,30)/t22-/m0/s1. The Balaban J connectivity index is 1.52. The number of nitrogens with one attached hydrogen (secondary N) is 3. The van der Waals surface area contributed by atoms with E-state index in [2.05, 4.69) is 10.0 Å². The summed E-state index contributed by atoms with van der Waals surface area (Å²) in [6, 6.07) is 13.3. The number of anilines is 2. The number of halogens is 4. The number of alkyl halides is 3. The van der Waals surface area contributed by atoms with E-state index in [0.717, 1.165) is 18.2 Å². The van der Waals surface area contributed by atoms with Gasteiger partial charge < -0.3 is 19.5 Å². The minimum atomic E-state index is -5.19. The molecule has 3 aromatic rings. The fourth-order valence-corrected chi connectivity index (χ4v) is 4.48. The second-order valence-corrected chi connectivity index (χ2v) is 9.44. The van der Waals surface area contributed by atoms with Gasteiger partial charge in [0.2, 0.25) is 0 Å².